The summed E-state index contributed by atoms with van der Waals surface area (Å²) in [7, 11) is -7.19. The van der Waals surface area contributed by atoms with Gasteiger partial charge in [-0.15, -0.1) is 0 Å². The van der Waals surface area contributed by atoms with Crippen LogP contribution in [0.1, 0.15) is 11.3 Å². The molecule has 1 saturated heterocycles. The molecule has 1 amide bonds. The first-order valence-electron chi connectivity index (χ1n) is 11.5. The highest BCUT2D eigenvalue weighted by Gasteiger charge is 2.32. The summed E-state index contributed by atoms with van der Waals surface area (Å²) in [5.41, 5.74) is 4.22. The minimum atomic E-state index is -4.00. The number of aromatic nitrogens is 1. The van der Waals surface area contributed by atoms with Crippen molar-refractivity contribution in [1.29, 1.82) is 0 Å². The Kier molecular flexibility index (Phi) is 8.09. The fourth-order valence-electron chi connectivity index (χ4n) is 4.16. The summed E-state index contributed by atoms with van der Waals surface area (Å²) in [6.07, 6.45) is 0. The van der Waals surface area contributed by atoms with Crippen LogP contribution in [0.15, 0.2) is 59.5 Å². The molecule has 2 heterocycles. The molecule has 13 heteroatoms. The van der Waals surface area contributed by atoms with Gasteiger partial charge in [0.15, 0.2) is 9.84 Å². The molecule has 4 rings (SSSR count). The van der Waals surface area contributed by atoms with E-state index in [0.29, 0.717) is 5.75 Å². The number of pyridine rings is 1. The van der Waals surface area contributed by atoms with Crippen molar-refractivity contribution >= 4 is 36.7 Å². The zero-order valence-electron chi connectivity index (χ0n) is 20.1. The molecular formula is C24H28N4O7S2. The predicted octanol–water partition coefficient (Wildman–Crippen LogP) is 1.00. The maximum absolute atomic E-state index is 12.8. The third-order valence-electron chi connectivity index (χ3n) is 6.16. The van der Waals surface area contributed by atoms with Gasteiger partial charge >= 0.3 is 0 Å². The van der Waals surface area contributed by atoms with Crippen molar-refractivity contribution < 1.29 is 31.6 Å². The monoisotopic (exact) mass is 548 g/mol. The molecule has 1 aromatic heterocycles. The molecule has 2 aromatic carbocycles. The van der Waals surface area contributed by atoms with E-state index in [1.165, 1.54) is 34.6 Å². The number of carbonyl (C=O) groups excluding carboxylic acids is 1. The topological polar surface area (TPSA) is 155 Å². The van der Waals surface area contributed by atoms with Gasteiger partial charge in [0, 0.05) is 36.3 Å². The Morgan fingerprint density at radius 2 is 1.81 bits per heavy atom. The van der Waals surface area contributed by atoms with Crippen LogP contribution in [0.25, 0.3) is 10.9 Å². The highest BCUT2D eigenvalue weighted by molar-refractivity contribution is 7.91. The summed E-state index contributed by atoms with van der Waals surface area (Å²) in [5.74, 6) is -0.648. The Morgan fingerprint density at radius 1 is 1.14 bits per heavy atom. The van der Waals surface area contributed by atoms with E-state index in [1.54, 1.807) is 0 Å². The third-order valence-corrected chi connectivity index (χ3v) is 9.21. The quantitative estimate of drug-likeness (QED) is 0.262. The van der Waals surface area contributed by atoms with Crippen molar-refractivity contribution in [2.24, 2.45) is 0 Å². The lowest BCUT2D eigenvalue weighted by Gasteiger charge is -2.32. The van der Waals surface area contributed by atoms with Gasteiger partial charge < -0.3 is 4.74 Å². The average molecular weight is 549 g/mol. The van der Waals surface area contributed by atoms with Gasteiger partial charge in [-0.2, -0.15) is 0 Å². The van der Waals surface area contributed by atoms with Crippen LogP contribution in [0, 0.1) is 6.92 Å². The molecule has 1 fully saturated rings. The largest absolute Gasteiger partial charge is 0.489 e. The molecule has 3 aromatic rings. The highest BCUT2D eigenvalue weighted by atomic mass is 32.2. The number of amides is 1. The summed E-state index contributed by atoms with van der Waals surface area (Å²) in [6, 6.07) is 14.5. The van der Waals surface area contributed by atoms with Crippen molar-refractivity contribution in [2.75, 3.05) is 31.1 Å². The minimum absolute atomic E-state index is 0.0329. The van der Waals surface area contributed by atoms with Gasteiger partial charge in [-0.05, 0) is 43.3 Å². The van der Waals surface area contributed by atoms with E-state index < -0.39 is 31.8 Å². The second-order valence-electron chi connectivity index (χ2n) is 8.73. The molecule has 1 unspecified atom stereocenters. The number of benzene rings is 2. The molecule has 0 radical (unpaired) electrons. The molecule has 0 bridgehead atoms. The van der Waals surface area contributed by atoms with E-state index in [-0.39, 0.29) is 42.6 Å². The number of hydroxylamine groups is 1. The van der Waals surface area contributed by atoms with Crippen LogP contribution in [0.4, 0.5) is 0 Å². The zero-order chi connectivity index (χ0) is 26.6. The molecule has 0 aliphatic carbocycles. The van der Waals surface area contributed by atoms with Gasteiger partial charge in [0.05, 0.1) is 21.9 Å². The van der Waals surface area contributed by atoms with Gasteiger partial charge in [-0.25, -0.2) is 27.0 Å². The van der Waals surface area contributed by atoms with Crippen molar-refractivity contribution in [3.63, 3.8) is 0 Å². The lowest BCUT2D eigenvalue weighted by Crippen LogP contribution is -2.56. The number of carbonyl (C=O) groups is 1. The maximum Gasteiger partial charge on any atom is 0.262 e. The molecule has 11 nitrogen and oxygen atoms in total. The number of sulfone groups is 1. The van der Waals surface area contributed by atoms with Crippen LogP contribution in [0.5, 0.6) is 5.75 Å². The van der Waals surface area contributed by atoms with Gasteiger partial charge in [0.1, 0.15) is 18.4 Å². The van der Waals surface area contributed by atoms with Crippen LogP contribution < -0.4 is 14.9 Å². The first-order chi connectivity index (χ1) is 17.6. The molecular weight excluding hydrogens is 520 g/mol. The van der Waals surface area contributed by atoms with Crippen molar-refractivity contribution in [2.45, 2.75) is 24.5 Å². The molecule has 1 aliphatic rings. The van der Waals surface area contributed by atoms with Gasteiger partial charge in [0.25, 0.3) is 5.91 Å². The Bertz CT molecular complexity index is 1480. The van der Waals surface area contributed by atoms with Crippen LogP contribution in [0.2, 0.25) is 0 Å². The molecule has 3 N–H and O–H groups in total. The van der Waals surface area contributed by atoms with E-state index in [2.05, 4.69) is 9.71 Å². The summed E-state index contributed by atoms with van der Waals surface area (Å²) in [4.78, 5) is 18.2. The third kappa shape index (κ3) is 6.62. The Morgan fingerprint density at radius 3 is 2.49 bits per heavy atom. The summed E-state index contributed by atoms with van der Waals surface area (Å²) < 4.78 is 57.3. The first-order valence-corrected chi connectivity index (χ1v) is 14.8. The summed E-state index contributed by atoms with van der Waals surface area (Å²) >= 11 is 0. The van der Waals surface area contributed by atoms with Crippen molar-refractivity contribution in [3.05, 3.63) is 65.9 Å². The van der Waals surface area contributed by atoms with Gasteiger partial charge in [-0.1, -0.05) is 18.2 Å². The Balaban J connectivity index is 1.40. The smallest absolute Gasteiger partial charge is 0.262 e. The molecule has 0 saturated carbocycles. The average Bonchev–Trinajstić information content (AvgIpc) is 2.88. The molecule has 0 spiro atoms. The number of ether oxygens (including phenoxy) is 1. The summed E-state index contributed by atoms with van der Waals surface area (Å²) in [5, 5.41) is 10.1. The standard InChI is InChI=1S/C24H28N4O7S2/c1-17-14-18(21-4-2-3-5-22(21)26-17)16-35-19-6-8-20(9-7-19)37(33,34)25-15-23(24(29)27-30)28-10-12-36(31,32)13-11-28/h2-9,14,23,25,30H,10-13,15-16H2,1H3,(H,27,29). The van der Waals surface area contributed by atoms with E-state index >= 15 is 0 Å². The van der Waals surface area contributed by atoms with E-state index in [1.807, 2.05) is 37.3 Å². The van der Waals surface area contributed by atoms with Gasteiger partial charge in [0.2, 0.25) is 10.0 Å². The number of para-hydroxylation sites is 1. The van der Waals surface area contributed by atoms with E-state index in [9.17, 15) is 21.6 Å². The number of hydrogen-bond acceptors (Lipinski definition) is 9. The molecule has 198 valence electrons. The number of nitrogens with one attached hydrogen (secondary N) is 2. The first kappa shape index (κ1) is 26.9. The Hall–Kier alpha value is -3.10. The number of rotatable bonds is 9. The minimum Gasteiger partial charge on any atom is -0.489 e. The lowest BCUT2D eigenvalue weighted by atomic mass is 10.1. The molecule has 1 atom stereocenters. The second kappa shape index (κ2) is 11.1. The number of aryl methyl sites for hydroxylation is 1. The fourth-order valence-corrected chi connectivity index (χ4v) is 6.43. The van der Waals surface area contributed by atoms with Crippen LogP contribution >= 0.6 is 0 Å². The second-order valence-corrected chi connectivity index (χ2v) is 12.8. The predicted molar refractivity (Wildman–Crippen MR) is 136 cm³/mol. The SMILES string of the molecule is Cc1cc(COc2ccc(S(=O)(=O)NCC(C(=O)NO)N3CCS(=O)(=O)CC3)cc2)c2ccccc2n1. The van der Waals surface area contributed by atoms with Gasteiger partial charge in [-0.3, -0.25) is 19.9 Å². The number of nitrogens with zero attached hydrogens (tertiary/aromatic N) is 2. The molecule has 1 aliphatic heterocycles. The van der Waals surface area contributed by atoms with Crippen LogP contribution in [0.3, 0.4) is 0 Å². The number of hydrogen-bond donors (Lipinski definition) is 3. The number of sulfonamides is 1. The van der Waals surface area contributed by atoms with E-state index in [4.69, 9.17) is 9.94 Å². The fraction of sp³-hybridized carbons (Fsp3) is 0.333. The van der Waals surface area contributed by atoms with Crippen molar-refractivity contribution in [3.8, 4) is 5.75 Å². The molecule has 37 heavy (non-hydrogen) atoms. The van der Waals surface area contributed by atoms with E-state index in [0.717, 1.165) is 22.2 Å². The lowest BCUT2D eigenvalue weighted by molar-refractivity contribution is -0.134. The van der Waals surface area contributed by atoms with Crippen molar-refractivity contribution in [1.82, 2.24) is 20.1 Å². The van der Waals surface area contributed by atoms with Crippen LogP contribution in [-0.4, -0.2) is 75.0 Å². The highest BCUT2D eigenvalue weighted by Crippen LogP contribution is 2.22. The summed E-state index contributed by atoms with van der Waals surface area (Å²) in [6.45, 7) is 1.95. The van der Waals surface area contributed by atoms with Crippen LogP contribution in [-0.2, 0) is 31.3 Å². The maximum atomic E-state index is 12.8. The Labute approximate surface area is 215 Å². The zero-order valence-corrected chi connectivity index (χ0v) is 21.8. The normalized spacial score (nSPS) is 16.8. The number of fused-ring (bicyclic) bond motifs is 1.